The van der Waals surface area contributed by atoms with Crippen LogP contribution >= 0.6 is 15.9 Å². The number of sulfonamides is 1. The molecule has 0 atom stereocenters. The van der Waals surface area contributed by atoms with Crippen molar-refractivity contribution < 1.29 is 17.2 Å². The minimum Gasteiger partial charge on any atom is -0.279 e. The largest absolute Gasteiger partial charge is 0.279 e. The topological polar surface area (TPSA) is 46.2 Å². The molecule has 0 spiro atoms. The number of benzene rings is 2. The molecule has 0 aliphatic heterocycles. The van der Waals surface area contributed by atoms with Crippen LogP contribution in [-0.4, -0.2) is 8.42 Å². The third kappa shape index (κ3) is 3.34. The summed E-state index contributed by atoms with van der Waals surface area (Å²) in [6.07, 6.45) is 0. The summed E-state index contributed by atoms with van der Waals surface area (Å²) in [5, 5.41) is 0. The second kappa shape index (κ2) is 5.49. The van der Waals surface area contributed by atoms with Gasteiger partial charge in [0.1, 0.15) is 16.5 Å². The van der Waals surface area contributed by atoms with Crippen molar-refractivity contribution in [3.8, 4) is 0 Å². The molecule has 0 radical (unpaired) electrons. The monoisotopic (exact) mass is 361 g/mol. The van der Waals surface area contributed by atoms with Crippen LogP contribution in [0.4, 0.5) is 14.5 Å². The van der Waals surface area contributed by atoms with Crippen LogP contribution in [0.25, 0.3) is 0 Å². The van der Waals surface area contributed by atoms with E-state index in [1.807, 2.05) is 6.92 Å². The first-order valence-electron chi connectivity index (χ1n) is 5.53. The molecule has 2 rings (SSSR count). The number of aryl methyl sites for hydroxylation is 1. The molecule has 0 aliphatic carbocycles. The fraction of sp³-hybridized carbons (Fsp3) is 0.0769. The van der Waals surface area contributed by atoms with E-state index in [2.05, 4.69) is 20.7 Å². The molecule has 106 valence electrons. The first-order chi connectivity index (χ1) is 9.28. The number of hydrogen-bond donors (Lipinski definition) is 1. The van der Waals surface area contributed by atoms with Crippen molar-refractivity contribution in [2.75, 3.05) is 4.72 Å². The Morgan fingerprint density at radius 1 is 1.05 bits per heavy atom. The van der Waals surface area contributed by atoms with Gasteiger partial charge in [-0.3, -0.25) is 4.72 Å². The molecule has 0 aromatic heterocycles. The smallest absolute Gasteiger partial charge is 0.263 e. The van der Waals surface area contributed by atoms with E-state index < -0.39 is 21.7 Å². The van der Waals surface area contributed by atoms with Crippen LogP contribution < -0.4 is 4.72 Å². The molecule has 2 aromatic rings. The lowest BCUT2D eigenvalue weighted by Gasteiger charge is -2.10. The summed E-state index contributed by atoms with van der Waals surface area (Å²) in [7, 11) is -3.92. The van der Waals surface area contributed by atoms with E-state index >= 15 is 0 Å². The van der Waals surface area contributed by atoms with Crippen LogP contribution in [0, 0.1) is 18.6 Å². The van der Waals surface area contributed by atoms with Gasteiger partial charge in [0.05, 0.1) is 5.69 Å². The lowest BCUT2D eigenvalue weighted by molar-refractivity contribution is 0.584. The summed E-state index contributed by atoms with van der Waals surface area (Å²) in [5.74, 6) is -1.71. The Hall–Kier alpha value is -1.47. The van der Waals surface area contributed by atoms with E-state index in [9.17, 15) is 17.2 Å². The fourth-order valence-corrected chi connectivity index (χ4v) is 3.88. The van der Waals surface area contributed by atoms with Gasteiger partial charge in [0.25, 0.3) is 10.0 Å². The molecule has 0 unspecified atom stereocenters. The van der Waals surface area contributed by atoms with Crippen molar-refractivity contribution >= 4 is 31.6 Å². The van der Waals surface area contributed by atoms with Crippen molar-refractivity contribution in [1.82, 2.24) is 0 Å². The molecule has 20 heavy (non-hydrogen) atoms. The van der Waals surface area contributed by atoms with E-state index in [1.165, 1.54) is 6.07 Å². The van der Waals surface area contributed by atoms with Crippen molar-refractivity contribution in [3.05, 3.63) is 58.1 Å². The quantitative estimate of drug-likeness (QED) is 0.902. The zero-order chi connectivity index (χ0) is 14.9. The number of anilines is 1. The molecule has 7 heteroatoms. The zero-order valence-electron chi connectivity index (χ0n) is 10.3. The van der Waals surface area contributed by atoms with Crippen molar-refractivity contribution in [1.29, 1.82) is 0 Å². The van der Waals surface area contributed by atoms with E-state index in [0.29, 0.717) is 10.5 Å². The lowest BCUT2D eigenvalue weighted by Crippen LogP contribution is -2.14. The minimum atomic E-state index is -3.92. The summed E-state index contributed by atoms with van der Waals surface area (Å²) in [5.41, 5.74) is 0.711. The Balaban J connectivity index is 2.40. The predicted octanol–water partition coefficient (Wildman–Crippen LogP) is 3.84. The summed E-state index contributed by atoms with van der Waals surface area (Å²) in [4.78, 5) is -0.00670. The van der Waals surface area contributed by atoms with Crippen LogP contribution in [0.5, 0.6) is 0 Å². The molecule has 0 aliphatic rings. The average molecular weight is 362 g/mol. The van der Waals surface area contributed by atoms with Crippen LogP contribution in [0.1, 0.15) is 5.56 Å². The normalized spacial score (nSPS) is 11.4. The maximum atomic E-state index is 13.1. The van der Waals surface area contributed by atoms with Gasteiger partial charge in [0, 0.05) is 10.5 Å². The van der Waals surface area contributed by atoms with Gasteiger partial charge in [-0.25, -0.2) is 17.2 Å². The highest BCUT2D eigenvalue weighted by Gasteiger charge is 2.18. The molecule has 0 amide bonds. The molecule has 2 aromatic carbocycles. The van der Waals surface area contributed by atoms with Gasteiger partial charge in [0.2, 0.25) is 0 Å². The van der Waals surface area contributed by atoms with Gasteiger partial charge in [0.15, 0.2) is 0 Å². The highest BCUT2D eigenvalue weighted by molar-refractivity contribution is 9.10. The van der Waals surface area contributed by atoms with Gasteiger partial charge in [-0.2, -0.15) is 0 Å². The highest BCUT2D eigenvalue weighted by Crippen LogP contribution is 2.25. The maximum absolute atomic E-state index is 13.1. The molecule has 0 fully saturated rings. The first kappa shape index (κ1) is 14.9. The molecule has 3 nitrogen and oxygen atoms in total. The SMILES string of the molecule is Cc1ccc(S(=O)(=O)Nc2cc(F)cc(F)c2)c(Br)c1. The Bertz CT molecular complexity index is 743. The van der Waals surface area contributed by atoms with Gasteiger partial charge in [-0.15, -0.1) is 0 Å². The Morgan fingerprint density at radius 3 is 2.20 bits per heavy atom. The van der Waals surface area contributed by atoms with Gasteiger partial charge < -0.3 is 0 Å². The Labute approximate surface area is 123 Å². The molecular formula is C13H10BrF2NO2S. The van der Waals surface area contributed by atoms with E-state index in [-0.39, 0.29) is 10.6 Å². The Morgan fingerprint density at radius 2 is 1.65 bits per heavy atom. The van der Waals surface area contributed by atoms with Crippen LogP contribution in [-0.2, 0) is 10.0 Å². The number of nitrogens with one attached hydrogen (secondary N) is 1. The van der Waals surface area contributed by atoms with Gasteiger partial charge in [-0.1, -0.05) is 6.07 Å². The minimum absolute atomic E-state index is 0.00670. The third-order valence-electron chi connectivity index (χ3n) is 2.49. The predicted molar refractivity (Wildman–Crippen MR) is 76.0 cm³/mol. The maximum Gasteiger partial charge on any atom is 0.263 e. The van der Waals surface area contributed by atoms with Crippen LogP contribution in [0.2, 0.25) is 0 Å². The summed E-state index contributed by atoms with van der Waals surface area (Å²) >= 11 is 3.16. The molecule has 1 N–H and O–H groups in total. The van der Waals surface area contributed by atoms with Gasteiger partial charge in [-0.05, 0) is 52.7 Å². The molecule has 0 heterocycles. The second-order valence-electron chi connectivity index (χ2n) is 4.20. The number of rotatable bonds is 3. The van der Waals surface area contributed by atoms with Gasteiger partial charge >= 0.3 is 0 Å². The van der Waals surface area contributed by atoms with Crippen LogP contribution in [0.15, 0.2) is 45.8 Å². The third-order valence-corrected chi connectivity index (χ3v) is 4.85. The molecular weight excluding hydrogens is 352 g/mol. The molecule has 0 saturated heterocycles. The summed E-state index contributed by atoms with van der Waals surface area (Å²) in [6, 6.07) is 7.16. The summed E-state index contributed by atoms with van der Waals surface area (Å²) < 4.78 is 53.0. The van der Waals surface area contributed by atoms with Crippen LogP contribution in [0.3, 0.4) is 0 Å². The van der Waals surface area contributed by atoms with Crippen molar-refractivity contribution in [2.24, 2.45) is 0 Å². The van der Waals surface area contributed by atoms with E-state index in [4.69, 9.17) is 0 Å². The molecule has 0 saturated carbocycles. The second-order valence-corrected chi connectivity index (χ2v) is 6.70. The Kier molecular flexibility index (Phi) is 4.10. The van der Waals surface area contributed by atoms with E-state index in [1.54, 1.807) is 12.1 Å². The summed E-state index contributed by atoms with van der Waals surface area (Å²) in [6.45, 7) is 1.82. The highest BCUT2D eigenvalue weighted by atomic mass is 79.9. The molecule has 0 bridgehead atoms. The van der Waals surface area contributed by atoms with E-state index in [0.717, 1.165) is 17.7 Å². The standard InChI is InChI=1S/C13H10BrF2NO2S/c1-8-2-3-13(12(14)4-8)20(18,19)17-11-6-9(15)5-10(16)7-11/h2-7,17H,1H3. The number of hydrogen-bond acceptors (Lipinski definition) is 2. The number of halogens is 3. The zero-order valence-corrected chi connectivity index (χ0v) is 12.7. The first-order valence-corrected chi connectivity index (χ1v) is 7.80. The fourth-order valence-electron chi connectivity index (χ4n) is 1.65. The van der Waals surface area contributed by atoms with Crippen molar-refractivity contribution in [2.45, 2.75) is 11.8 Å². The lowest BCUT2D eigenvalue weighted by atomic mass is 10.2. The van der Waals surface area contributed by atoms with Crippen molar-refractivity contribution in [3.63, 3.8) is 0 Å². The average Bonchev–Trinajstić information content (AvgIpc) is 2.25.